The predicted octanol–water partition coefficient (Wildman–Crippen LogP) is 0.687. The lowest BCUT2D eigenvalue weighted by atomic mass is 10.2. The molecule has 1 heterocycles. The van der Waals surface area contributed by atoms with Gasteiger partial charge in [-0.05, 0) is 32.0 Å². The third-order valence-electron chi connectivity index (χ3n) is 3.08. The van der Waals surface area contributed by atoms with Crippen LogP contribution in [-0.4, -0.2) is 37.6 Å². The van der Waals surface area contributed by atoms with Gasteiger partial charge in [0.2, 0.25) is 5.91 Å². The molecule has 0 aromatic heterocycles. The molecule has 0 fully saturated rings. The van der Waals surface area contributed by atoms with E-state index in [2.05, 4.69) is 5.32 Å². The number of fused-ring (bicyclic) bond motifs is 1. The summed E-state index contributed by atoms with van der Waals surface area (Å²) in [7, 11) is 0. The number of hydrogen-bond acceptors (Lipinski definition) is 4. The summed E-state index contributed by atoms with van der Waals surface area (Å²) in [5.74, 6) is 0.211. The van der Waals surface area contributed by atoms with Crippen molar-refractivity contribution in [2.75, 3.05) is 24.5 Å². The topological polar surface area (TPSA) is 84.7 Å². The number of amides is 2. The number of benzene rings is 1. The number of carbonyl (C=O) groups is 2. The summed E-state index contributed by atoms with van der Waals surface area (Å²) in [6.45, 7) is 2.72. The average Bonchev–Trinajstić information content (AvgIpc) is 2.44. The normalized spacial score (nSPS) is 16.6. The van der Waals surface area contributed by atoms with E-state index in [9.17, 15) is 9.59 Å². The van der Waals surface area contributed by atoms with E-state index in [0.717, 1.165) is 6.42 Å². The number of nitrogens with two attached hydrogens (primary N) is 1. The molecule has 0 bridgehead atoms. The number of para-hydroxylation sites is 2. The van der Waals surface area contributed by atoms with Crippen molar-refractivity contribution in [1.29, 1.82) is 0 Å². The van der Waals surface area contributed by atoms with E-state index in [4.69, 9.17) is 10.5 Å². The maximum Gasteiger partial charge on any atom is 0.268 e. The molecule has 21 heavy (non-hydrogen) atoms. The Bertz CT molecular complexity index is 510. The minimum atomic E-state index is -0.582. The first-order valence-electron chi connectivity index (χ1n) is 6.67. The Kier molecular flexibility index (Phi) is 6.45. The zero-order chi connectivity index (χ0) is 14.5. The van der Waals surface area contributed by atoms with Gasteiger partial charge in [-0.3, -0.25) is 14.5 Å². The van der Waals surface area contributed by atoms with E-state index in [1.54, 1.807) is 19.1 Å². The van der Waals surface area contributed by atoms with E-state index in [-0.39, 0.29) is 30.8 Å². The number of nitrogens with zero attached hydrogens (tertiary/aromatic N) is 1. The van der Waals surface area contributed by atoms with E-state index in [0.29, 0.717) is 24.5 Å². The van der Waals surface area contributed by atoms with Gasteiger partial charge in [-0.25, -0.2) is 0 Å². The molecule has 3 N–H and O–H groups in total. The lowest BCUT2D eigenvalue weighted by Crippen LogP contribution is -2.48. The molecule has 1 aliphatic heterocycles. The highest BCUT2D eigenvalue weighted by atomic mass is 35.5. The number of halogens is 1. The van der Waals surface area contributed by atoms with Crippen LogP contribution in [0.3, 0.4) is 0 Å². The molecule has 0 spiro atoms. The van der Waals surface area contributed by atoms with Crippen LogP contribution in [-0.2, 0) is 9.59 Å². The number of anilines is 1. The molecule has 2 rings (SSSR count). The van der Waals surface area contributed by atoms with Crippen LogP contribution in [0.25, 0.3) is 0 Å². The second-order valence-corrected chi connectivity index (χ2v) is 4.64. The fraction of sp³-hybridized carbons (Fsp3) is 0.429. The van der Waals surface area contributed by atoms with Gasteiger partial charge in [0.1, 0.15) is 12.3 Å². The van der Waals surface area contributed by atoms with Crippen LogP contribution in [0.1, 0.15) is 13.3 Å². The maximum absolute atomic E-state index is 12.2. The Morgan fingerprint density at radius 3 is 2.86 bits per heavy atom. The zero-order valence-electron chi connectivity index (χ0n) is 11.9. The van der Waals surface area contributed by atoms with Crippen LogP contribution >= 0.6 is 12.4 Å². The Balaban J connectivity index is 0.00000220. The van der Waals surface area contributed by atoms with Gasteiger partial charge < -0.3 is 15.8 Å². The van der Waals surface area contributed by atoms with E-state index in [1.807, 2.05) is 12.1 Å². The third kappa shape index (κ3) is 4.09. The molecule has 1 aliphatic rings. The highest BCUT2D eigenvalue weighted by Gasteiger charge is 2.32. The summed E-state index contributed by atoms with van der Waals surface area (Å²) in [6, 6.07) is 7.20. The maximum atomic E-state index is 12.2. The van der Waals surface area contributed by atoms with Crippen LogP contribution in [0.4, 0.5) is 5.69 Å². The summed E-state index contributed by atoms with van der Waals surface area (Å²) in [6.07, 6.45) is 0.136. The molecule has 1 unspecified atom stereocenters. The summed E-state index contributed by atoms with van der Waals surface area (Å²) in [4.78, 5) is 25.5. The van der Waals surface area contributed by atoms with Gasteiger partial charge >= 0.3 is 0 Å². The molecule has 0 radical (unpaired) electrons. The quantitative estimate of drug-likeness (QED) is 0.783. The van der Waals surface area contributed by atoms with Crippen molar-refractivity contribution in [3.05, 3.63) is 24.3 Å². The summed E-state index contributed by atoms with van der Waals surface area (Å²) < 4.78 is 5.51. The van der Waals surface area contributed by atoms with Crippen molar-refractivity contribution in [3.8, 4) is 5.75 Å². The lowest BCUT2D eigenvalue weighted by molar-refractivity contribution is -0.128. The molecule has 1 aromatic rings. The van der Waals surface area contributed by atoms with E-state index < -0.39 is 6.10 Å². The molecule has 1 atom stereocenters. The van der Waals surface area contributed by atoms with Crippen LogP contribution in [0.5, 0.6) is 5.75 Å². The second-order valence-electron chi connectivity index (χ2n) is 4.64. The fourth-order valence-corrected chi connectivity index (χ4v) is 2.05. The Hall–Kier alpha value is -1.79. The SMILES string of the molecule is CC1Oc2ccccc2N(CC(=O)NCCCN)C1=O.Cl. The van der Waals surface area contributed by atoms with Gasteiger partial charge in [0, 0.05) is 6.54 Å². The van der Waals surface area contributed by atoms with Crippen molar-refractivity contribution in [1.82, 2.24) is 5.32 Å². The molecule has 6 nitrogen and oxygen atoms in total. The molecule has 0 saturated heterocycles. The molecule has 0 aliphatic carbocycles. The summed E-state index contributed by atoms with van der Waals surface area (Å²) in [5, 5.41) is 2.74. The smallest absolute Gasteiger partial charge is 0.268 e. The number of ether oxygens (including phenoxy) is 1. The number of rotatable bonds is 5. The van der Waals surface area contributed by atoms with E-state index >= 15 is 0 Å². The van der Waals surface area contributed by atoms with Gasteiger partial charge in [0.25, 0.3) is 5.91 Å². The number of carbonyl (C=O) groups excluding carboxylic acids is 2. The first kappa shape index (κ1) is 17.3. The van der Waals surface area contributed by atoms with Gasteiger partial charge in [0.05, 0.1) is 5.69 Å². The summed E-state index contributed by atoms with van der Waals surface area (Å²) in [5.41, 5.74) is 6.00. The van der Waals surface area contributed by atoms with Crippen LogP contribution < -0.4 is 20.7 Å². The molecule has 116 valence electrons. The van der Waals surface area contributed by atoms with Crippen LogP contribution in [0.2, 0.25) is 0 Å². The molecule has 7 heteroatoms. The standard InChI is InChI=1S/C14H19N3O3.ClH/c1-10-14(19)17(9-13(18)16-8-4-7-15)11-5-2-3-6-12(11)20-10;/h2-3,5-6,10H,4,7-9,15H2,1H3,(H,16,18);1H. The van der Waals surface area contributed by atoms with Gasteiger partial charge in [-0.15, -0.1) is 12.4 Å². The first-order valence-corrected chi connectivity index (χ1v) is 6.67. The van der Waals surface area contributed by atoms with Crippen LogP contribution in [0.15, 0.2) is 24.3 Å². The predicted molar refractivity (Wildman–Crippen MR) is 82.8 cm³/mol. The molecule has 0 saturated carbocycles. The first-order chi connectivity index (χ1) is 9.63. The summed E-state index contributed by atoms with van der Waals surface area (Å²) >= 11 is 0. The molecule has 1 aromatic carbocycles. The average molecular weight is 314 g/mol. The Morgan fingerprint density at radius 1 is 1.43 bits per heavy atom. The van der Waals surface area contributed by atoms with E-state index in [1.165, 1.54) is 4.90 Å². The van der Waals surface area contributed by atoms with Gasteiger partial charge in [-0.1, -0.05) is 12.1 Å². The van der Waals surface area contributed by atoms with Crippen molar-refractivity contribution < 1.29 is 14.3 Å². The van der Waals surface area contributed by atoms with Crippen molar-refractivity contribution >= 4 is 29.9 Å². The van der Waals surface area contributed by atoms with Gasteiger partial charge in [0.15, 0.2) is 6.10 Å². The van der Waals surface area contributed by atoms with Crippen molar-refractivity contribution in [2.24, 2.45) is 5.73 Å². The number of nitrogens with one attached hydrogen (secondary N) is 1. The van der Waals surface area contributed by atoms with Crippen molar-refractivity contribution in [3.63, 3.8) is 0 Å². The minimum Gasteiger partial charge on any atom is -0.479 e. The Morgan fingerprint density at radius 2 is 2.14 bits per heavy atom. The molecular weight excluding hydrogens is 294 g/mol. The number of hydrogen-bond donors (Lipinski definition) is 2. The monoisotopic (exact) mass is 313 g/mol. The van der Waals surface area contributed by atoms with Crippen LogP contribution in [0, 0.1) is 0 Å². The molecule has 2 amide bonds. The van der Waals surface area contributed by atoms with Crippen molar-refractivity contribution in [2.45, 2.75) is 19.4 Å². The molecular formula is C14H20ClN3O3. The zero-order valence-corrected chi connectivity index (χ0v) is 12.7. The van der Waals surface area contributed by atoms with Gasteiger partial charge in [-0.2, -0.15) is 0 Å². The third-order valence-corrected chi connectivity index (χ3v) is 3.08. The Labute approximate surface area is 130 Å². The minimum absolute atomic E-state index is 0. The fourth-order valence-electron chi connectivity index (χ4n) is 2.05. The highest BCUT2D eigenvalue weighted by Crippen LogP contribution is 2.33. The largest absolute Gasteiger partial charge is 0.479 e. The lowest BCUT2D eigenvalue weighted by Gasteiger charge is -2.32. The second kappa shape index (κ2) is 7.85. The highest BCUT2D eigenvalue weighted by molar-refractivity contribution is 6.03.